The van der Waals surface area contributed by atoms with Gasteiger partial charge in [0, 0.05) is 18.5 Å². The Hall–Kier alpha value is -0.520. The molecule has 15 heavy (non-hydrogen) atoms. The molecule has 5 heteroatoms. The molecule has 1 atom stereocenters. The number of ether oxygens (including phenoxy) is 1. The zero-order valence-corrected chi connectivity index (χ0v) is 10.1. The van der Waals surface area contributed by atoms with Gasteiger partial charge in [-0.15, -0.1) is 23.1 Å². The van der Waals surface area contributed by atoms with Crippen molar-refractivity contribution >= 4 is 29.0 Å². The van der Waals surface area contributed by atoms with Crippen LogP contribution in [0.3, 0.4) is 0 Å². The molecule has 2 rings (SSSR count). The summed E-state index contributed by atoms with van der Waals surface area (Å²) in [7, 11) is 1.66. The molecule has 0 radical (unpaired) electrons. The highest BCUT2D eigenvalue weighted by atomic mass is 32.2. The van der Waals surface area contributed by atoms with E-state index in [-0.39, 0.29) is 11.3 Å². The molecule has 1 aromatic heterocycles. The molecule has 0 saturated carbocycles. The number of hydrogen-bond acceptors (Lipinski definition) is 4. The first-order valence-electron chi connectivity index (χ1n) is 4.76. The van der Waals surface area contributed by atoms with Crippen molar-refractivity contribution in [3.63, 3.8) is 0 Å². The Morgan fingerprint density at radius 3 is 3.20 bits per heavy atom. The van der Waals surface area contributed by atoms with Crippen molar-refractivity contribution in [3.05, 3.63) is 22.4 Å². The van der Waals surface area contributed by atoms with E-state index in [4.69, 9.17) is 4.74 Å². The van der Waals surface area contributed by atoms with Crippen molar-refractivity contribution in [2.75, 3.05) is 26.0 Å². The van der Waals surface area contributed by atoms with Crippen LogP contribution in [-0.4, -0.2) is 36.8 Å². The van der Waals surface area contributed by atoms with E-state index in [1.165, 1.54) is 4.88 Å². The minimum Gasteiger partial charge on any atom is -0.383 e. The third kappa shape index (κ3) is 2.35. The Balaban J connectivity index is 2.07. The van der Waals surface area contributed by atoms with Gasteiger partial charge in [0.15, 0.2) is 0 Å². The van der Waals surface area contributed by atoms with Crippen LogP contribution < -0.4 is 0 Å². The fourth-order valence-corrected chi connectivity index (χ4v) is 3.75. The Morgan fingerprint density at radius 1 is 1.67 bits per heavy atom. The average molecular weight is 243 g/mol. The largest absolute Gasteiger partial charge is 0.383 e. The molecule has 0 aliphatic carbocycles. The van der Waals surface area contributed by atoms with Crippen LogP contribution in [0, 0.1) is 0 Å². The SMILES string of the molecule is COCCN1C(=O)CSC1c1cccs1. The highest BCUT2D eigenvalue weighted by molar-refractivity contribution is 8.00. The van der Waals surface area contributed by atoms with Crippen LogP contribution >= 0.6 is 23.1 Å². The van der Waals surface area contributed by atoms with E-state index in [9.17, 15) is 4.79 Å². The molecular formula is C10H13NO2S2. The molecule has 1 fully saturated rings. The summed E-state index contributed by atoms with van der Waals surface area (Å²) in [5, 5.41) is 2.25. The Labute approximate surface area is 97.4 Å². The predicted octanol–water partition coefficient (Wildman–Crippen LogP) is 1.97. The summed E-state index contributed by atoms with van der Waals surface area (Å²) in [5.74, 6) is 0.808. The summed E-state index contributed by atoms with van der Waals surface area (Å²) in [6.45, 7) is 1.29. The summed E-state index contributed by atoms with van der Waals surface area (Å²) in [5.41, 5.74) is 0. The first-order valence-corrected chi connectivity index (χ1v) is 6.69. The van der Waals surface area contributed by atoms with Crippen molar-refractivity contribution in [2.45, 2.75) is 5.37 Å². The Bertz CT molecular complexity index is 326. The molecule has 1 saturated heterocycles. The van der Waals surface area contributed by atoms with Crippen LogP contribution in [0.5, 0.6) is 0 Å². The summed E-state index contributed by atoms with van der Waals surface area (Å²) >= 11 is 3.40. The number of rotatable bonds is 4. The van der Waals surface area contributed by atoms with Crippen molar-refractivity contribution in [1.29, 1.82) is 0 Å². The molecule has 1 amide bonds. The number of thiophene rings is 1. The van der Waals surface area contributed by atoms with Crippen LogP contribution in [0.15, 0.2) is 17.5 Å². The van der Waals surface area contributed by atoms with Gasteiger partial charge in [-0.25, -0.2) is 0 Å². The number of carbonyl (C=O) groups is 1. The van der Waals surface area contributed by atoms with Gasteiger partial charge in [-0.05, 0) is 11.4 Å². The highest BCUT2D eigenvalue weighted by Gasteiger charge is 2.32. The second kappa shape index (κ2) is 5.01. The van der Waals surface area contributed by atoms with Gasteiger partial charge in [0.2, 0.25) is 5.91 Å². The van der Waals surface area contributed by atoms with Gasteiger partial charge in [-0.3, -0.25) is 4.79 Å². The van der Waals surface area contributed by atoms with Crippen LogP contribution in [-0.2, 0) is 9.53 Å². The van der Waals surface area contributed by atoms with Crippen LogP contribution in [0.25, 0.3) is 0 Å². The topological polar surface area (TPSA) is 29.5 Å². The van der Waals surface area contributed by atoms with E-state index < -0.39 is 0 Å². The van der Waals surface area contributed by atoms with Gasteiger partial charge >= 0.3 is 0 Å². The van der Waals surface area contributed by atoms with E-state index in [0.29, 0.717) is 18.9 Å². The fourth-order valence-electron chi connectivity index (χ4n) is 1.55. The van der Waals surface area contributed by atoms with Crippen LogP contribution in [0.1, 0.15) is 10.3 Å². The van der Waals surface area contributed by atoms with Gasteiger partial charge < -0.3 is 9.64 Å². The molecule has 1 aliphatic rings. The molecule has 2 heterocycles. The Morgan fingerprint density at radius 2 is 2.53 bits per heavy atom. The third-order valence-electron chi connectivity index (χ3n) is 2.29. The van der Waals surface area contributed by atoms with E-state index in [1.54, 1.807) is 30.2 Å². The maximum Gasteiger partial charge on any atom is 0.233 e. The first kappa shape index (κ1) is 11.0. The predicted molar refractivity (Wildman–Crippen MR) is 63.1 cm³/mol. The minimum atomic E-state index is 0.202. The molecule has 82 valence electrons. The molecule has 1 aromatic rings. The summed E-state index contributed by atoms with van der Waals surface area (Å²) in [6, 6.07) is 4.11. The van der Waals surface area contributed by atoms with E-state index in [2.05, 4.69) is 6.07 Å². The summed E-state index contributed by atoms with van der Waals surface area (Å²) in [6.07, 6.45) is 0. The zero-order chi connectivity index (χ0) is 10.7. The van der Waals surface area contributed by atoms with Gasteiger partial charge in [0.1, 0.15) is 5.37 Å². The molecular weight excluding hydrogens is 230 g/mol. The average Bonchev–Trinajstić information content (AvgIpc) is 2.84. The van der Waals surface area contributed by atoms with E-state index in [0.717, 1.165) is 0 Å². The van der Waals surface area contributed by atoms with Gasteiger partial charge in [-0.2, -0.15) is 0 Å². The van der Waals surface area contributed by atoms with E-state index >= 15 is 0 Å². The number of carbonyl (C=O) groups excluding carboxylic acids is 1. The zero-order valence-electron chi connectivity index (χ0n) is 8.51. The Kier molecular flexibility index (Phi) is 3.66. The second-order valence-electron chi connectivity index (χ2n) is 3.26. The van der Waals surface area contributed by atoms with Gasteiger partial charge in [-0.1, -0.05) is 6.07 Å². The maximum atomic E-state index is 11.6. The monoisotopic (exact) mass is 243 g/mol. The number of methoxy groups -OCH3 is 1. The molecule has 1 unspecified atom stereocenters. The molecule has 0 spiro atoms. The van der Waals surface area contributed by atoms with Gasteiger partial charge in [0.05, 0.1) is 12.4 Å². The van der Waals surface area contributed by atoms with Crippen LogP contribution in [0.2, 0.25) is 0 Å². The smallest absolute Gasteiger partial charge is 0.233 e. The summed E-state index contributed by atoms with van der Waals surface area (Å²) < 4.78 is 5.02. The third-order valence-corrected chi connectivity index (χ3v) is 4.60. The summed E-state index contributed by atoms with van der Waals surface area (Å²) in [4.78, 5) is 14.8. The number of amides is 1. The van der Waals surface area contributed by atoms with Gasteiger partial charge in [0.25, 0.3) is 0 Å². The number of thioether (sulfide) groups is 1. The minimum absolute atomic E-state index is 0.202. The molecule has 1 aliphatic heterocycles. The van der Waals surface area contributed by atoms with Crippen molar-refractivity contribution < 1.29 is 9.53 Å². The first-order chi connectivity index (χ1) is 7.33. The van der Waals surface area contributed by atoms with Crippen molar-refractivity contribution in [1.82, 2.24) is 4.90 Å². The second-order valence-corrected chi connectivity index (χ2v) is 5.31. The number of hydrogen-bond donors (Lipinski definition) is 0. The number of nitrogens with zero attached hydrogens (tertiary/aromatic N) is 1. The highest BCUT2D eigenvalue weighted by Crippen LogP contribution is 2.40. The van der Waals surface area contributed by atoms with E-state index in [1.807, 2.05) is 16.3 Å². The lowest BCUT2D eigenvalue weighted by atomic mass is 10.4. The quantitative estimate of drug-likeness (QED) is 0.809. The molecule has 0 aromatic carbocycles. The lowest BCUT2D eigenvalue weighted by molar-refractivity contribution is -0.128. The van der Waals surface area contributed by atoms with Crippen molar-refractivity contribution in [2.24, 2.45) is 0 Å². The standard InChI is InChI=1S/C10H13NO2S2/c1-13-5-4-11-9(12)7-15-10(11)8-3-2-6-14-8/h2-3,6,10H,4-5,7H2,1H3. The van der Waals surface area contributed by atoms with Crippen molar-refractivity contribution in [3.8, 4) is 0 Å². The van der Waals surface area contributed by atoms with Crippen LogP contribution in [0.4, 0.5) is 0 Å². The lowest BCUT2D eigenvalue weighted by Gasteiger charge is -2.22. The maximum absolute atomic E-state index is 11.6. The fraction of sp³-hybridized carbons (Fsp3) is 0.500. The molecule has 3 nitrogen and oxygen atoms in total. The molecule has 0 bridgehead atoms. The normalized spacial score (nSPS) is 21.3. The molecule has 0 N–H and O–H groups in total. The lowest BCUT2D eigenvalue weighted by Crippen LogP contribution is -2.31.